The van der Waals surface area contributed by atoms with Gasteiger partial charge in [-0.1, -0.05) is 12.8 Å². The van der Waals surface area contributed by atoms with Crippen LogP contribution in [0.2, 0.25) is 0 Å². The fourth-order valence-electron chi connectivity index (χ4n) is 3.40. The van der Waals surface area contributed by atoms with E-state index >= 15 is 0 Å². The highest BCUT2D eigenvalue weighted by atomic mass is 16.2. The number of likely N-dealkylation sites (tertiary alicyclic amines) is 1. The monoisotopic (exact) mass is 291 g/mol. The number of rotatable bonds is 3. The molecular weight excluding hydrogens is 266 g/mol. The lowest BCUT2D eigenvalue weighted by Crippen LogP contribution is -2.42. The van der Waals surface area contributed by atoms with Crippen LogP contribution in [0.1, 0.15) is 50.1 Å². The van der Waals surface area contributed by atoms with E-state index in [0.717, 1.165) is 38.2 Å². The smallest absolute Gasteiger partial charge is 0.322 e. The number of H-pyrrole nitrogens is 1. The normalized spacial score (nSPS) is 20.9. The molecule has 2 aliphatic rings. The van der Waals surface area contributed by atoms with Gasteiger partial charge >= 0.3 is 6.03 Å². The second-order valence-electron chi connectivity index (χ2n) is 6.28. The molecule has 1 aromatic rings. The fraction of sp³-hybridized carbons (Fsp3) is 0.733. The van der Waals surface area contributed by atoms with Crippen molar-refractivity contribution in [2.45, 2.75) is 44.4 Å². The average molecular weight is 291 g/mol. The van der Waals surface area contributed by atoms with Crippen molar-refractivity contribution in [2.24, 2.45) is 11.7 Å². The van der Waals surface area contributed by atoms with E-state index in [1.165, 1.54) is 25.7 Å². The number of carbonyl (C=O) groups excluding carboxylic acids is 1. The number of aromatic amines is 1. The molecule has 2 amide bonds. The Morgan fingerprint density at radius 1 is 1.33 bits per heavy atom. The maximum absolute atomic E-state index is 12.2. The number of piperidine rings is 1. The summed E-state index contributed by atoms with van der Waals surface area (Å²) >= 11 is 0. The van der Waals surface area contributed by atoms with Crippen molar-refractivity contribution in [2.75, 3.05) is 25.0 Å². The number of urea groups is 1. The standard InChI is InChI=1S/C15H25N5O/c16-10-11-5-7-20(8-6-11)15(21)17-14-9-13(18-19-14)12-3-1-2-4-12/h9,11-12H,1-8,10,16H2,(H2,17,18,19,21). The molecule has 0 atom stereocenters. The number of nitrogens with one attached hydrogen (secondary N) is 2. The Morgan fingerprint density at radius 3 is 2.71 bits per heavy atom. The lowest BCUT2D eigenvalue weighted by molar-refractivity contribution is 0.184. The predicted octanol–water partition coefficient (Wildman–Crippen LogP) is 2.27. The number of nitrogens with two attached hydrogens (primary N) is 1. The highest BCUT2D eigenvalue weighted by Crippen LogP contribution is 2.33. The molecule has 0 unspecified atom stereocenters. The molecule has 1 saturated heterocycles. The summed E-state index contributed by atoms with van der Waals surface area (Å²) in [6.45, 7) is 2.30. The Labute approximate surface area is 125 Å². The number of aromatic nitrogens is 2. The van der Waals surface area contributed by atoms with Gasteiger partial charge in [-0.3, -0.25) is 10.4 Å². The Bertz CT molecular complexity index is 472. The van der Waals surface area contributed by atoms with E-state index in [9.17, 15) is 4.79 Å². The van der Waals surface area contributed by atoms with Crippen LogP contribution in [0.25, 0.3) is 0 Å². The van der Waals surface area contributed by atoms with Crippen molar-refractivity contribution in [1.82, 2.24) is 15.1 Å². The van der Waals surface area contributed by atoms with Crippen LogP contribution in [0.4, 0.5) is 10.6 Å². The number of amides is 2. The minimum absolute atomic E-state index is 0.0351. The van der Waals surface area contributed by atoms with Crippen LogP contribution < -0.4 is 11.1 Å². The first-order valence-electron chi connectivity index (χ1n) is 8.07. The van der Waals surface area contributed by atoms with Gasteiger partial charge in [-0.2, -0.15) is 5.10 Å². The van der Waals surface area contributed by atoms with Crippen LogP contribution in [0, 0.1) is 5.92 Å². The molecule has 0 aromatic carbocycles. The second kappa shape index (κ2) is 6.47. The van der Waals surface area contributed by atoms with E-state index in [0.29, 0.717) is 17.7 Å². The van der Waals surface area contributed by atoms with Gasteiger partial charge in [-0.25, -0.2) is 4.79 Å². The summed E-state index contributed by atoms with van der Waals surface area (Å²) < 4.78 is 0. The van der Waals surface area contributed by atoms with Gasteiger partial charge in [-0.15, -0.1) is 0 Å². The van der Waals surface area contributed by atoms with Crippen LogP contribution >= 0.6 is 0 Å². The van der Waals surface area contributed by atoms with Crippen LogP contribution in [0.5, 0.6) is 0 Å². The maximum Gasteiger partial charge on any atom is 0.322 e. The zero-order valence-electron chi connectivity index (χ0n) is 12.5. The van der Waals surface area contributed by atoms with Crippen LogP contribution in [-0.4, -0.2) is 40.8 Å². The first kappa shape index (κ1) is 14.4. The van der Waals surface area contributed by atoms with Crippen LogP contribution in [0.3, 0.4) is 0 Å². The van der Waals surface area contributed by atoms with E-state index in [1.54, 1.807) is 0 Å². The lowest BCUT2D eigenvalue weighted by Gasteiger charge is -2.31. The molecule has 0 radical (unpaired) electrons. The van der Waals surface area contributed by atoms with Crippen molar-refractivity contribution in [3.05, 3.63) is 11.8 Å². The number of carbonyl (C=O) groups is 1. The average Bonchev–Trinajstić information content (AvgIpc) is 3.18. The Hall–Kier alpha value is -1.56. The number of nitrogens with zero attached hydrogens (tertiary/aromatic N) is 2. The zero-order chi connectivity index (χ0) is 14.7. The third-order valence-electron chi connectivity index (χ3n) is 4.85. The van der Waals surface area contributed by atoms with Crippen molar-refractivity contribution < 1.29 is 4.79 Å². The Morgan fingerprint density at radius 2 is 2.05 bits per heavy atom. The van der Waals surface area contributed by atoms with E-state index in [1.807, 2.05) is 11.0 Å². The van der Waals surface area contributed by atoms with Gasteiger partial charge in [0.1, 0.15) is 5.82 Å². The third kappa shape index (κ3) is 3.37. The summed E-state index contributed by atoms with van der Waals surface area (Å²) in [6.07, 6.45) is 7.00. The summed E-state index contributed by atoms with van der Waals surface area (Å²) in [7, 11) is 0. The predicted molar refractivity (Wildman–Crippen MR) is 82.2 cm³/mol. The van der Waals surface area contributed by atoms with E-state index in [2.05, 4.69) is 15.5 Å². The topological polar surface area (TPSA) is 87.0 Å². The molecule has 0 spiro atoms. The fourth-order valence-corrected chi connectivity index (χ4v) is 3.40. The molecule has 0 bridgehead atoms. The summed E-state index contributed by atoms with van der Waals surface area (Å²) in [6, 6.07) is 1.95. The molecule has 2 heterocycles. The summed E-state index contributed by atoms with van der Waals surface area (Å²) in [4.78, 5) is 14.1. The van der Waals surface area contributed by atoms with Gasteiger partial charge in [0.25, 0.3) is 0 Å². The summed E-state index contributed by atoms with van der Waals surface area (Å²) in [5.41, 5.74) is 6.77. The first-order valence-corrected chi connectivity index (χ1v) is 8.07. The van der Waals surface area contributed by atoms with Crippen molar-refractivity contribution in [3.8, 4) is 0 Å². The largest absolute Gasteiger partial charge is 0.330 e. The quantitative estimate of drug-likeness (QED) is 0.798. The molecule has 4 N–H and O–H groups in total. The number of anilines is 1. The summed E-state index contributed by atoms with van der Waals surface area (Å²) in [5, 5.41) is 10.2. The van der Waals surface area contributed by atoms with Crippen LogP contribution in [0.15, 0.2) is 6.07 Å². The molecule has 21 heavy (non-hydrogen) atoms. The van der Waals surface area contributed by atoms with Crippen molar-refractivity contribution in [3.63, 3.8) is 0 Å². The van der Waals surface area contributed by atoms with Gasteiger partial charge in [0.2, 0.25) is 0 Å². The van der Waals surface area contributed by atoms with Gasteiger partial charge in [0.15, 0.2) is 0 Å². The number of hydrogen-bond donors (Lipinski definition) is 3. The van der Waals surface area contributed by atoms with Gasteiger partial charge in [-0.05, 0) is 38.1 Å². The molecule has 6 heteroatoms. The van der Waals surface area contributed by atoms with Gasteiger partial charge in [0.05, 0.1) is 5.69 Å². The molecule has 3 rings (SSSR count). The maximum atomic E-state index is 12.2. The highest BCUT2D eigenvalue weighted by molar-refractivity contribution is 5.88. The molecule has 1 saturated carbocycles. The van der Waals surface area contributed by atoms with E-state index < -0.39 is 0 Å². The molecule has 2 fully saturated rings. The Kier molecular flexibility index (Phi) is 4.43. The second-order valence-corrected chi connectivity index (χ2v) is 6.28. The molecular formula is C15H25N5O. The zero-order valence-corrected chi connectivity index (χ0v) is 12.5. The summed E-state index contributed by atoms with van der Waals surface area (Å²) in [5.74, 6) is 1.84. The SMILES string of the molecule is NCC1CCN(C(=O)Nc2cc(C3CCCC3)n[nH]2)CC1. The van der Waals surface area contributed by atoms with E-state index in [-0.39, 0.29) is 6.03 Å². The third-order valence-corrected chi connectivity index (χ3v) is 4.85. The Balaban J connectivity index is 1.53. The molecule has 1 aromatic heterocycles. The molecule has 6 nitrogen and oxygen atoms in total. The van der Waals surface area contributed by atoms with Crippen molar-refractivity contribution >= 4 is 11.8 Å². The lowest BCUT2D eigenvalue weighted by atomic mass is 9.97. The van der Waals surface area contributed by atoms with Crippen LogP contribution in [-0.2, 0) is 0 Å². The molecule has 116 valence electrons. The minimum atomic E-state index is -0.0351. The minimum Gasteiger partial charge on any atom is -0.330 e. The highest BCUT2D eigenvalue weighted by Gasteiger charge is 2.23. The molecule has 1 aliphatic heterocycles. The first-order chi connectivity index (χ1) is 10.3. The number of hydrogen-bond acceptors (Lipinski definition) is 3. The van der Waals surface area contributed by atoms with Crippen molar-refractivity contribution in [1.29, 1.82) is 0 Å². The van der Waals surface area contributed by atoms with Gasteiger partial charge in [0, 0.05) is 25.1 Å². The molecule has 1 aliphatic carbocycles. The van der Waals surface area contributed by atoms with E-state index in [4.69, 9.17) is 5.73 Å². The van der Waals surface area contributed by atoms with Gasteiger partial charge < -0.3 is 10.6 Å².